The molecule has 0 saturated heterocycles. The highest BCUT2D eigenvalue weighted by atomic mass is 15.2. The molecule has 0 bridgehead atoms. The zero-order valence-electron chi connectivity index (χ0n) is 37.6. The van der Waals surface area contributed by atoms with Crippen LogP contribution in [0, 0.1) is 0 Å². The van der Waals surface area contributed by atoms with Gasteiger partial charge in [-0.2, -0.15) is 0 Å². The lowest BCUT2D eigenvalue weighted by molar-refractivity contribution is 0.766. The Bertz CT molecular complexity index is 3710. The average Bonchev–Trinajstić information content (AvgIpc) is 3.73. The van der Waals surface area contributed by atoms with Crippen LogP contribution >= 0.6 is 0 Å². The van der Waals surface area contributed by atoms with E-state index in [-0.39, 0.29) is 6.04 Å². The van der Waals surface area contributed by atoms with Crippen LogP contribution in [0.5, 0.6) is 0 Å². The van der Waals surface area contributed by atoms with E-state index in [1.807, 2.05) is 0 Å². The van der Waals surface area contributed by atoms with Crippen molar-refractivity contribution in [3.8, 4) is 22.3 Å². The van der Waals surface area contributed by atoms with E-state index in [2.05, 4.69) is 272 Å². The Labute approximate surface area is 398 Å². The second-order valence-corrected chi connectivity index (χ2v) is 18.3. The maximum atomic E-state index is 2.68. The first kappa shape index (κ1) is 39.8. The quantitative estimate of drug-likeness (QED) is 0.138. The Morgan fingerprint density at radius 1 is 0.368 bits per heavy atom. The molecule has 0 amide bonds. The molecule has 0 spiro atoms. The highest BCUT2D eigenvalue weighted by molar-refractivity contribution is 6.14. The molecule has 0 aliphatic heterocycles. The molecule has 2 aliphatic carbocycles. The maximum Gasteiger partial charge on any atom is 0.0714 e. The number of fused-ring (bicyclic) bond motifs is 7. The van der Waals surface area contributed by atoms with Crippen LogP contribution in [0.3, 0.4) is 0 Å². The van der Waals surface area contributed by atoms with Crippen molar-refractivity contribution in [1.82, 2.24) is 0 Å². The number of nitrogens with zero attached hydrogens (tertiary/aromatic N) is 1. The number of benzene rings is 11. The Balaban J connectivity index is 1.07. The van der Waals surface area contributed by atoms with E-state index in [1.54, 1.807) is 0 Å². The Kier molecular flexibility index (Phi) is 9.61. The van der Waals surface area contributed by atoms with Gasteiger partial charge in [0.2, 0.25) is 0 Å². The van der Waals surface area contributed by atoms with Gasteiger partial charge in [-0.25, -0.2) is 0 Å². The van der Waals surface area contributed by atoms with Gasteiger partial charge in [0.1, 0.15) is 0 Å². The monoisotopic (exact) mass is 865 g/mol. The van der Waals surface area contributed by atoms with Gasteiger partial charge in [-0.05, 0) is 124 Å². The predicted octanol–water partition coefficient (Wildman–Crippen LogP) is 17.3. The van der Waals surface area contributed by atoms with Gasteiger partial charge in [-0.3, -0.25) is 0 Å². The molecule has 11 aromatic carbocycles. The Morgan fingerprint density at radius 2 is 0.926 bits per heavy atom. The molecule has 0 saturated carbocycles. The minimum absolute atomic E-state index is 0.0640. The summed E-state index contributed by atoms with van der Waals surface area (Å²) >= 11 is 0. The summed E-state index contributed by atoms with van der Waals surface area (Å²) in [6.07, 6.45) is 5.59. The maximum absolute atomic E-state index is 2.68. The minimum Gasteiger partial charge on any atom is -0.333 e. The molecule has 1 heteroatoms. The number of hydrogen-bond acceptors (Lipinski definition) is 1. The van der Waals surface area contributed by atoms with Gasteiger partial charge in [0, 0.05) is 16.9 Å². The van der Waals surface area contributed by atoms with Crippen molar-refractivity contribution >= 4 is 54.8 Å². The fourth-order valence-electron chi connectivity index (χ4n) is 11.8. The molecular formula is C67H47N. The van der Waals surface area contributed by atoms with Gasteiger partial charge in [0.05, 0.1) is 11.5 Å². The molecule has 0 aromatic heterocycles. The Morgan fingerprint density at radius 3 is 1.68 bits per heavy atom. The number of hydrogen-bond donors (Lipinski definition) is 0. The number of rotatable bonds is 8. The SMILES string of the molecule is C1=C(c2cccc3ccccc23)CC(N(c2ccc(-c3cc4ccccc4c4ccccc34)cc2)c2cccc3c2-c2ccccc2C3(c2ccccc2)c2ccccc2)C(c2ccccc2)=C1. The zero-order valence-corrected chi connectivity index (χ0v) is 37.6. The fraction of sp³-hybridized carbons (Fsp3) is 0.0448. The molecule has 1 unspecified atom stereocenters. The van der Waals surface area contributed by atoms with E-state index >= 15 is 0 Å². The van der Waals surface area contributed by atoms with Crippen molar-refractivity contribution in [2.24, 2.45) is 0 Å². The van der Waals surface area contributed by atoms with Gasteiger partial charge in [-0.1, -0.05) is 243 Å². The number of allylic oxidation sites excluding steroid dienone is 2. The van der Waals surface area contributed by atoms with Crippen molar-refractivity contribution < 1.29 is 0 Å². The molecule has 68 heavy (non-hydrogen) atoms. The van der Waals surface area contributed by atoms with Crippen molar-refractivity contribution in [3.05, 3.63) is 300 Å². The zero-order chi connectivity index (χ0) is 45.0. The molecule has 1 atom stereocenters. The van der Waals surface area contributed by atoms with Gasteiger partial charge in [-0.15, -0.1) is 0 Å². The number of anilines is 2. The molecule has 0 fully saturated rings. The first-order valence-corrected chi connectivity index (χ1v) is 23.8. The van der Waals surface area contributed by atoms with Crippen LogP contribution in [0.4, 0.5) is 11.4 Å². The van der Waals surface area contributed by atoms with Crippen LogP contribution in [-0.4, -0.2) is 6.04 Å². The second kappa shape index (κ2) is 16.4. The average molecular weight is 866 g/mol. The lowest BCUT2D eigenvalue weighted by Crippen LogP contribution is -2.34. The van der Waals surface area contributed by atoms with Gasteiger partial charge >= 0.3 is 0 Å². The minimum atomic E-state index is -0.532. The highest BCUT2D eigenvalue weighted by Gasteiger charge is 2.47. The van der Waals surface area contributed by atoms with Crippen molar-refractivity contribution in [2.45, 2.75) is 17.9 Å². The van der Waals surface area contributed by atoms with E-state index in [4.69, 9.17) is 0 Å². The summed E-state index contributed by atoms with van der Waals surface area (Å²) in [4.78, 5) is 2.68. The lowest BCUT2D eigenvalue weighted by Gasteiger charge is -2.39. The van der Waals surface area contributed by atoms with E-state index in [0.29, 0.717) is 0 Å². The lowest BCUT2D eigenvalue weighted by atomic mass is 9.67. The Hall–Kier alpha value is -8.52. The topological polar surface area (TPSA) is 3.24 Å². The van der Waals surface area contributed by atoms with Crippen LogP contribution in [-0.2, 0) is 5.41 Å². The third-order valence-electron chi connectivity index (χ3n) is 14.7. The summed E-state index contributed by atoms with van der Waals surface area (Å²) in [5.41, 5.74) is 17.0. The van der Waals surface area contributed by atoms with Crippen molar-refractivity contribution in [3.63, 3.8) is 0 Å². The first-order chi connectivity index (χ1) is 33.8. The van der Waals surface area contributed by atoms with Crippen LogP contribution in [0.15, 0.2) is 267 Å². The summed E-state index contributed by atoms with van der Waals surface area (Å²) in [6.45, 7) is 0. The van der Waals surface area contributed by atoms with Gasteiger partial charge in [0.15, 0.2) is 0 Å². The molecule has 0 N–H and O–H groups in total. The smallest absolute Gasteiger partial charge is 0.0714 e. The molecule has 11 aromatic rings. The fourth-order valence-corrected chi connectivity index (χ4v) is 11.8. The van der Waals surface area contributed by atoms with Crippen molar-refractivity contribution in [2.75, 3.05) is 4.90 Å². The summed E-state index contributed by atoms with van der Waals surface area (Å²) < 4.78 is 0. The molecule has 13 rings (SSSR count). The van der Waals surface area contributed by atoms with Gasteiger partial charge < -0.3 is 4.90 Å². The molecular weight excluding hydrogens is 819 g/mol. The third-order valence-corrected chi connectivity index (χ3v) is 14.7. The molecule has 1 nitrogen and oxygen atoms in total. The normalized spacial score (nSPS) is 14.9. The molecule has 2 aliphatic rings. The molecule has 0 heterocycles. The highest BCUT2D eigenvalue weighted by Crippen LogP contribution is 2.59. The van der Waals surface area contributed by atoms with Crippen LogP contribution in [0.2, 0.25) is 0 Å². The van der Waals surface area contributed by atoms with Gasteiger partial charge in [0.25, 0.3) is 0 Å². The predicted molar refractivity (Wildman–Crippen MR) is 288 cm³/mol. The largest absolute Gasteiger partial charge is 0.333 e. The third kappa shape index (κ3) is 6.31. The molecule has 0 radical (unpaired) electrons. The van der Waals surface area contributed by atoms with Crippen LogP contribution in [0.25, 0.3) is 65.7 Å². The van der Waals surface area contributed by atoms with E-state index < -0.39 is 5.41 Å². The van der Waals surface area contributed by atoms with E-state index in [0.717, 1.165) is 12.1 Å². The summed E-state index contributed by atoms with van der Waals surface area (Å²) in [5.74, 6) is 0. The van der Waals surface area contributed by atoms with E-state index in [1.165, 1.54) is 105 Å². The molecule has 320 valence electrons. The summed E-state index contributed by atoms with van der Waals surface area (Å²) in [5, 5.41) is 7.60. The summed E-state index contributed by atoms with van der Waals surface area (Å²) in [7, 11) is 0. The second-order valence-electron chi connectivity index (χ2n) is 18.3. The standard InChI is InChI=1S/C67H47N/c1-4-20-47(21-5-1)57-43-40-50(55-34-18-24-46-22-10-12-29-54(46)55)45-65(57)68(53-41-38-48(39-42-53)61-44-49-23-11-13-30-56(49)58-31-14-15-32-59(58)61)64-37-19-36-63-66(64)60-33-16-17-35-62(60)67(63,51-25-6-2-7-26-51)52-27-8-3-9-28-52/h1-44,65H,45H2. The van der Waals surface area contributed by atoms with Crippen molar-refractivity contribution in [1.29, 1.82) is 0 Å². The van der Waals surface area contributed by atoms with Crippen LogP contribution < -0.4 is 4.90 Å². The van der Waals surface area contributed by atoms with Crippen LogP contribution in [0.1, 0.15) is 39.8 Å². The summed E-state index contributed by atoms with van der Waals surface area (Å²) in [6, 6.07) is 94.5. The van der Waals surface area contributed by atoms with E-state index in [9.17, 15) is 0 Å². The first-order valence-electron chi connectivity index (χ1n) is 23.8.